The highest BCUT2D eigenvalue weighted by atomic mass is 16.4. The number of aromatic hydroxyl groups is 2. The van der Waals surface area contributed by atoms with Gasteiger partial charge in [0.15, 0.2) is 11.5 Å². The standard InChI is InChI=1S/C13H15NO5/c15-10-6-2-4-8(11(10)16)12(17)14-9-5-1-3-7(9)13(18)19/h2,4,6-7,9,15-16H,1,3,5H2,(H,14,17)(H,18,19). The molecule has 1 aliphatic rings. The van der Waals surface area contributed by atoms with Crippen molar-refractivity contribution < 1.29 is 24.9 Å². The van der Waals surface area contributed by atoms with Crippen molar-refractivity contribution in [1.82, 2.24) is 5.32 Å². The van der Waals surface area contributed by atoms with E-state index in [0.717, 1.165) is 6.42 Å². The third-order valence-electron chi connectivity index (χ3n) is 3.41. The summed E-state index contributed by atoms with van der Waals surface area (Å²) in [7, 11) is 0. The number of amides is 1. The second kappa shape index (κ2) is 5.17. The Bertz CT molecular complexity index is 514. The van der Waals surface area contributed by atoms with Crippen molar-refractivity contribution in [1.29, 1.82) is 0 Å². The molecule has 19 heavy (non-hydrogen) atoms. The maximum Gasteiger partial charge on any atom is 0.308 e. The molecule has 1 saturated carbocycles. The minimum absolute atomic E-state index is 0.0592. The van der Waals surface area contributed by atoms with Crippen LogP contribution in [0.2, 0.25) is 0 Å². The fourth-order valence-corrected chi connectivity index (χ4v) is 2.39. The number of nitrogens with one attached hydrogen (secondary N) is 1. The number of hydrogen-bond acceptors (Lipinski definition) is 4. The van der Waals surface area contributed by atoms with E-state index in [0.29, 0.717) is 12.8 Å². The predicted molar refractivity (Wildman–Crippen MR) is 66.0 cm³/mol. The molecule has 1 fully saturated rings. The third kappa shape index (κ3) is 2.62. The molecule has 2 atom stereocenters. The van der Waals surface area contributed by atoms with Gasteiger partial charge in [0.1, 0.15) is 0 Å². The van der Waals surface area contributed by atoms with Gasteiger partial charge in [-0.25, -0.2) is 0 Å². The number of carboxylic acids is 1. The fraction of sp³-hybridized carbons (Fsp3) is 0.385. The monoisotopic (exact) mass is 265 g/mol. The minimum atomic E-state index is -0.928. The second-order valence-corrected chi connectivity index (χ2v) is 4.63. The van der Waals surface area contributed by atoms with E-state index in [1.165, 1.54) is 18.2 Å². The van der Waals surface area contributed by atoms with Crippen LogP contribution < -0.4 is 5.32 Å². The Hall–Kier alpha value is -2.24. The molecule has 1 aliphatic carbocycles. The van der Waals surface area contributed by atoms with Crippen molar-refractivity contribution >= 4 is 11.9 Å². The highest BCUT2D eigenvalue weighted by molar-refractivity contribution is 5.98. The lowest BCUT2D eigenvalue weighted by Gasteiger charge is -2.18. The van der Waals surface area contributed by atoms with E-state index in [-0.39, 0.29) is 11.3 Å². The van der Waals surface area contributed by atoms with Crippen LogP contribution in [0.25, 0.3) is 0 Å². The highest BCUT2D eigenvalue weighted by Crippen LogP contribution is 2.30. The van der Waals surface area contributed by atoms with Gasteiger partial charge < -0.3 is 20.6 Å². The zero-order valence-corrected chi connectivity index (χ0v) is 10.2. The van der Waals surface area contributed by atoms with Crippen LogP contribution in [0, 0.1) is 5.92 Å². The summed E-state index contributed by atoms with van der Waals surface area (Å²) in [5, 5.41) is 30.5. The van der Waals surface area contributed by atoms with Crippen molar-refractivity contribution in [2.75, 3.05) is 0 Å². The van der Waals surface area contributed by atoms with Crippen LogP contribution >= 0.6 is 0 Å². The molecule has 1 amide bonds. The van der Waals surface area contributed by atoms with Gasteiger partial charge in [0.25, 0.3) is 5.91 Å². The summed E-state index contributed by atoms with van der Waals surface area (Å²) in [6, 6.07) is 3.64. The molecule has 4 N–H and O–H groups in total. The first kappa shape index (κ1) is 13.2. The van der Waals surface area contributed by atoms with Crippen molar-refractivity contribution in [2.24, 2.45) is 5.92 Å². The molecular weight excluding hydrogens is 250 g/mol. The summed E-state index contributed by atoms with van der Waals surface area (Å²) < 4.78 is 0. The molecule has 6 heteroatoms. The SMILES string of the molecule is O=C(NC1CCCC1C(=O)O)c1cccc(O)c1O. The number of phenols is 2. The van der Waals surface area contributed by atoms with Crippen LogP contribution in [0.4, 0.5) is 0 Å². The maximum absolute atomic E-state index is 12.0. The third-order valence-corrected chi connectivity index (χ3v) is 3.41. The van der Waals surface area contributed by atoms with Crippen LogP contribution in [0.3, 0.4) is 0 Å². The average molecular weight is 265 g/mol. The number of benzene rings is 1. The predicted octanol–water partition coefficient (Wildman–Crippen LogP) is 1.08. The van der Waals surface area contributed by atoms with Gasteiger partial charge in [-0.1, -0.05) is 12.5 Å². The fourth-order valence-electron chi connectivity index (χ4n) is 2.39. The quantitative estimate of drug-likeness (QED) is 0.612. The Balaban J connectivity index is 2.13. The van der Waals surface area contributed by atoms with Gasteiger partial charge in [0.2, 0.25) is 0 Å². The lowest BCUT2D eigenvalue weighted by atomic mass is 10.0. The van der Waals surface area contributed by atoms with Crippen LogP contribution in [0.5, 0.6) is 11.5 Å². The summed E-state index contributed by atoms with van der Waals surface area (Å²) in [6.45, 7) is 0. The van der Waals surface area contributed by atoms with Crippen molar-refractivity contribution in [2.45, 2.75) is 25.3 Å². The summed E-state index contributed by atoms with van der Waals surface area (Å²) >= 11 is 0. The summed E-state index contributed by atoms with van der Waals surface area (Å²) in [5.74, 6) is -2.98. The summed E-state index contributed by atoms with van der Waals surface area (Å²) in [4.78, 5) is 23.0. The molecule has 6 nitrogen and oxygen atoms in total. The molecule has 0 heterocycles. The van der Waals surface area contributed by atoms with Crippen molar-refractivity contribution in [3.8, 4) is 11.5 Å². The summed E-state index contributed by atoms with van der Waals surface area (Å²) in [5.41, 5.74) is -0.0592. The molecule has 2 rings (SSSR count). The van der Waals surface area contributed by atoms with Gasteiger partial charge in [0, 0.05) is 6.04 Å². The zero-order chi connectivity index (χ0) is 14.0. The van der Waals surface area contributed by atoms with E-state index < -0.39 is 29.6 Å². The van der Waals surface area contributed by atoms with Crippen LogP contribution in [-0.4, -0.2) is 33.2 Å². The Kier molecular flexibility index (Phi) is 3.59. The van der Waals surface area contributed by atoms with Crippen LogP contribution in [0.15, 0.2) is 18.2 Å². The molecule has 0 spiro atoms. The average Bonchev–Trinajstić information content (AvgIpc) is 2.80. The van der Waals surface area contributed by atoms with Gasteiger partial charge in [-0.15, -0.1) is 0 Å². The number of para-hydroxylation sites is 1. The molecule has 1 aromatic carbocycles. The molecule has 102 valence electrons. The Labute approximate surface area is 109 Å². The van der Waals surface area contributed by atoms with Gasteiger partial charge >= 0.3 is 5.97 Å². The van der Waals surface area contributed by atoms with Crippen molar-refractivity contribution in [3.05, 3.63) is 23.8 Å². The van der Waals surface area contributed by atoms with Gasteiger partial charge in [0.05, 0.1) is 11.5 Å². The van der Waals surface area contributed by atoms with Crippen molar-refractivity contribution in [3.63, 3.8) is 0 Å². The number of aliphatic carboxylic acids is 1. The van der Waals surface area contributed by atoms with E-state index in [1.54, 1.807) is 0 Å². The smallest absolute Gasteiger partial charge is 0.308 e. The van der Waals surface area contributed by atoms with E-state index in [9.17, 15) is 19.8 Å². The molecule has 0 bridgehead atoms. The normalized spacial score (nSPS) is 22.1. The number of phenolic OH excluding ortho intramolecular Hbond substituents is 2. The lowest BCUT2D eigenvalue weighted by Crippen LogP contribution is -2.40. The van der Waals surface area contributed by atoms with Gasteiger partial charge in [-0.3, -0.25) is 9.59 Å². The Morgan fingerprint density at radius 1 is 1.21 bits per heavy atom. The number of carboxylic acid groups (broad SMARTS) is 1. The first-order valence-electron chi connectivity index (χ1n) is 6.05. The van der Waals surface area contributed by atoms with Crippen LogP contribution in [-0.2, 0) is 4.79 Å². The topological polar surface area (TPSA) is 107 Å². The van der Waals surface area contributed by atoms with E-state index >= 15 is 0 Å². The second-order valence-electron chi connectivity index (χ2n) is 4.63. The van der Waals surface area contributed by atoms with E-state index in [1.807, 2.05) is 0 Å². The number of hydrogen-bond donors (Lipinski definition) is 4. The molecule has 0 saturated heterocycles. The number of carbonyl (C=O) groups is 2. The molecule has 1 aromatic rings. The molecular formula is C13H15NO5. The molecule has 0 radical (unpaired) electrons. The van der Waals surface area contributed by atoms with Gasteiger partial charge in [-0.05, 0) is 25.0 Å². The highest BCUT2D eigenvalue weighted by Gasteiger charge is 2.34. The lowest BCUT2D eigenvalue weighted by molar-refractivity contribution is -0.142. The first-order valence-corrected chi connectivity index (χ1v) is 6.05. The van der Waals surface area contributed by atoms with E-state index in [4.69, 9.17) is 5.11 Å². The Morgan fingerprint density at radius 3 is 2.63 bits per heavy atom. The maximum atomic E-state index is 12.0. The number of carbonyl (C=O) groups excluding carboxylic acids is 1. The van der Waals surface area contributed by atoms with Gasteiger partial charge in [-0.2, -0.15) is 0 Å². The molecule has 2 unspecified atom stereocenters. The minimum Gasteiger partial charge on any atom is -0.504 e. The first-order chi connectivity index (χ1) is 9.00. The van der Waals surface area contributed by atoms with Crippen LogP contribution in [0.1, 0.15) is 29.6 Å². The Morgan fingerprint density at radius 2 is 1.95 bits per heavy atom. The molecule has 0 aromatic heterocycles. The summed E-state index contributed by atoms with van der Waals surface area (Å²) in [6.07, 6.45) is 1.88. The molecule has 0 aliphatic heterocycles. The number of rotatable bonds is 3. The largest absolute Gasteiger partial charge is 0.504 e. The zero-order valence-electron chi connectivity index (χ0n) is 10.2. The van der Waals surface area contributed by atoms with E-state index in [2.05, 4.69) is 5.32 Å².